The summed E-state index contributed by atoms with van der Waals surface area (Å²) in [6, 6.07) is 0. The lowest BCUT2D eigenvalue weighted by molar-refractivity contribution is -0.0827. The zero-order chi connectivity index (χ0) is 9.14. The van der Waals surface area contributed by atoms with Gasteiger partial charge in [0, 0.05) is 0 Å². The summed E-state index contributed by atoms with van der Waals surface area (Å²) in [7, 11) is 0. The first kappa shape index (κ1) is 9.96. The van der Waals surface area contributed by atoms with Crippen molar-refractivity contribution in [3.8, 4) is 0 Å². The molecule has 3 heteroatoms. The molecule has 1 fully saturated rings. The predicted octanol–water partition coefficient (Wildman–Crippen LogP) is 0.543. The Labute approximate surface area is 73.4 Å². The Kier molecular flexibility index (Phi) is 3.50. The third kappa shape index (κ3) is 2.19. The molecule has 2 N–H and O–H groups in total. The fourth-order valence-electron chi connectivity index (χ4n) is 1.58. The van der Waals surface area contributed by atoms with Crippen molar-refractivity contribution >= 4 is 0 Å². The lowest BCUT2D eigenvalue weighted by Gasteiger charge is -2.22. The molecular weight excluding hydrogens is 156 g/mol. The van der Waals surface area contributed by atoms with Crippen molar-refractivity contribution in [2.45, 2.75) is 45.0 Å². The lowest BCUT2D eigenvalue weighted by atomic mass is 9.99. The Morgan fingerprint density at radius 1 is 1.33 bits per heavy atom. The standard InChI is InChI=1S/C9H18O3/c1-6-3-4-8(11)7(2)12-9(6)5-10/h6-11H,3-5H2,1-2H3/t6-,7-,8+,9+/m0/s1. The largest absolute Gasteiger partial charge is 0.394 e. The smallest absolute Gasteiger partial charge is 0.0836 e. The molecule has 0 saturated carbocycles. The van der Waals surface area contributed by atoms with Gasteiger partial charge in [0.05, 0.1) is 24.9 Å². The number of ether oxygens (including phenoxy) is 1. The molecule has 1 aliphatic rings. The van der Waals surface area contributed by atoms with Crippen LogP contribution in [0.15, 0.2) is 0 Å². The van der Waals surface area contributed by atoms with Crippen molar-refractivity contribution in [3.05, 3.63) is 0 Å². The first-order valence-corrected chi connectivity index (χ1v) is 4.59. The lowest BCUT2D eigenvalue weighted by Crippen LogP contribution is -2.31. The fraction of sp³-hybridized carbons (Fsp3) is 1.00. The van der Waals surface area contributed by atoms with Gasteiger partial charge in [0.25, 0.3) is 0 Å². The summed E-state index contributed by atoms with van der Waals surface area (Å²) in [5.74, 6) is 0.342. The third-order valence-corrected chi connectivity index (χ3v) is 2.66. The molecule has 4 atom stereocenters. The molecule has 0 aromatic carbocycles. The minimum Gasteiger partial charge on any atom is -0.394 e. The average molecular weight is 174 g/mol. The highest BCUT2D eigenvalue weighted by Crippen LogP contribution is 2.23. The molecule has 0 amide bonds. The second-order valence-corrected chi connectivity index (χ2v) is 3.68. The van der Waals surface area contributed by atoms with Gasteiger partial charge in [-0.3, -0.25) is 0 Å². The third-order valence-electron chi connectivity index (χ3n) is 2.66. The van der Waals surface area contributed by atoms with Gasteiger partial charge in [-0.1, -0.05) is 6.92 Å². The minimum atomic E-state index is -0.371. The monoisotopic (exact) mass is 174 g/mol. The Bertz CT molecular complexity index is 138. The molecule has 72 valence electrons. The van der Waals surface area contributed by atoms with E-state index in [0.29, 0.717) is 5.92 Å². The number of rotatable bonds is 1. The molecule has 0 bridgehead atoms. The summed E-state index contributed by atoms with van der Waals surface area (Å²) in [6.07, 6.45) is 1.09. The molecule has 0 spiro atoms. The van der Waals surface area contributed by atoms with Gasteiger partial charge in [-0.05, 0) is 25.7 Å². The predicted molar refractivity (Wildman–Crippen MR) is 45.8 cm³/mol. The summed E-state index contributed by atoms with van der Waals surface area (Å²) in [5, 5.41) is 18.5. The molecule has 1 saturated heterocycles. The van der Waals surface area contributed by atoms with Gasteiger partial charge in [0.15, 0.2) is 0 Å². The maximum Gasteiger partial charge on any atom is 0.0836 e. The van der Waals surface area contributed by atoms with Crippen LogP contribution in [-0.4, -0.2) is 35.1 Å². The van der Waals surface area contributed by atoms with E-state index in [0.717, 1.165) is 12.8 Å². The highest BCUT2D eigenvalue weighted by Gasteiger charge is 2.28. The van der Waals surface area contributed by atoms with Crippen molar-refractivity contribution < 1.29 is 14.9 Å². The van der Waals surface area contributed by atoms with Gasteiger partial charge >= 0.3 is 0 Å². The van der Waals surface area contributed by atoms with E-state index in [9.17, 15) is 5.11 Å². The maximum absolute atomic E-state index is 9.48. The maximum atomic E-state index is 9.48. The number of aliphatic hydroxyl groups is 2. The summed E-state index contributed by atoms with van der Waals surface area (Å²) >= 11 is 0. The quantitative estimate of drug-likeness (QED) is 0.610. The zero-order valence-corrected chi connectivity index (χ0v) is 7.73. The van der Waals surface area contributed by atoms with Gasteiger partial charge in [0.1, 0.15) is 0 Å². The molecule has 0 unspecified atom stereocenters. The van der Waals surface area contributed by atoms with Crippen LogP contribution in [0.2, 0.25) is 0 Å². The first-order chi connectivity index (χ1) is 5.65. The van der Waals surface area contributed by atoms with E-state index in [1.54, 1.807) is 0 Å². The van der Waals surface area contributed by atoms with Crippen LogP contribution in [0.5, 0.6) is 0 Å². The normalized spacial score (nSPS) is 44.0. The van der Waals surface area contributed by atoms with E-state index in [4.69, 9.17) is 9.84 Å². The zero-order valence-electron chi connectivity index (χ0n) is 7.73. The van der Waals surface area contributed by atoms with Crippen LogP contribution in [0, 0.1) is 5.92 Å². The van der Waals surface area contributed by atoms with Crippen molar-refractivity contribution in [1.82, 2.24) is 0 Å². The van der Waals surface area contributed by atoms with Crippen molar-refractivity contribution in [3.63, 3.8) is 0 Å². The first-order valence-electron chi connectivity index (χ1n) is 4.59. The SMILES string of the molecule is C[C@@H]1O[C@H](CO)[C@@H](C)CC[C@H]1O. The van der Waals surface area contributed by atoms with E-state index in [-0.39, 0.29) is 24.9 Å². The Balaban J connectivity index is 2.54. The van der Waals surface area contributed by atoms with Crippen molar-refractivity contribution in [2.75, 3.05) is 6.61 Å². The van der Waals surface area contributed by atoms with Crippen LogP contribution in [0.4, 0.5) is 0 Å². The molecule has 3 nitrogen and oxygen atoms in total. The molecule has 0 aromatic heterocycles. The highest BCUT2D eigenvalue weighted by atomic mass is 16.5. The van der Waals surface area contributed by atoms with E-state index >= 15 is 0 Å². The number of aliphatic hydroxyl groups excluding tert-OH is 2. The van der Waals surface area contributed by atoms with Crippen LogP contribution in [0.1, 0.15) is 26.7 Å². The molecule has 0 aliphatic carbocycles. The van der Waals surface area contributed by atoms with Crippen LogP contribution in [0.25, 0.3) is 0 Å². The highest BCUT2D eigenvalue weighted by molar-refractivity contribution is 4.76. The Morgan fingerprint density at radius 2 is 2.00 bits per heavy atom. The van der Waals surface area contributed by atoms with Crippen LogP contribution >= 0.6 is 0 Å². The van der Waals surface area contributed by atoms with Crippen LogP contribution in [0.3, 0.4) is 0 Å². The molecule has 1 aliphatic heterocycles. The van der Waals surface area contributed by atoms with Crippen LogP contribution in [-0.2, 0) is 4.74 Å². The fourth-order valence-corrected chi connectivity index (χ4v) is 1.58. The molecule has 1 rings (SSSR count). The molecule has 0 radical (unpaired) electrons. The van der Waals surface area contributed by atoms with Gasteiger partial charge in [-0.2, -0.15) is 0 Å². The van der Waals surface area contributed by atoms with Crippen molar-refractivity contribution in [2.24, 2.45) is 5.92 Å². The van der Waals surface area contributed by atoms with E-state index in [1.165, 1.54) is 0 Å². The van der Waals surface area contributed by atoms with Gasteiger partial charge in [-0.15, -0.1) is 0 Å². The second kappa shape index (κ2) is 4.21. The topological polar surface area (TPSA) is 49.7 Å². The molecule has 0 aromatic rings. The van der Waals surface area contributed by atoms with E-state index < -0.39 is 0 Å². The van der Waals surface area contributed by atoms with E-state index in [2.05, 4.69) is 0 Å². The minimum absolute atomic E-state index is 0.0538. The summed E-state index contributed by atoms with van der Waals surface area (Å²) < 4.78 is 5.48. The molecule has 1 heterocycles. The van der Waals surface area contributed by atoms with Gasteiger partial charge in [0.2, 0.25) is 0 Å². The average Bonchev–Trinajstić information content (AvgIpc) is 2.18. The number of hydrogen-bond acceptors (Lipinski definition) is 3. The molecule has 12 heavy (non-hydrogen) atoms. The van der Waals surface area contributed by atoms with Crippen molar-refractivity contribution in [1.29, 1.82) is 0 Å². The molecular formula is C9H18O3. The summed E-state index contributed by atoms with van der Waals surface area (Å²) in [6.45, 7) is 3.95. The second-order valence-electron chi connectivity index (χ2n) is 3.68. The Hall–Kier alpha value is -0.120. The Morgan fingerprint density at radius 3 is 2.58 bits per heavy atom. The summed E-state index contributed by atoms with van der Waals surface area (Å²) in [5.41, 5.74) is 0. The van der Waals surface area contributed by atoms with Gasteiger partial charge in [-0.25, -0.2) is 0 Å². The van der Waals surface area contributed by atoms with Gasteiger partial charge < -0.3 is 14.9 Å². The summed E-state index contributed by atoms with van der Waals surface area (Å²) in [4.78, 5) is 0. The number of hydrogen-bond donors (Lipinski definition) is 2. The van der Waals surface area contributed by atoms with E-state index in [1.807, 2.05) is 13.8 Å². The van der Waals surface area contributed by atoms with Crippen LogP contribution < -0.4 is 0 Å².